The molecule has 4 N–H and O–H groups in total. The average Bonchev–Trinajstić information content (AvgIpc) is 3.96. The molecule has 2 heterocycles. The molecule has 270 valence electrons. The number of nitrogens with one attached hydrogen (secondary N) is 4. The fraction of sp³-hybridized carbons (Fsp3) is 0.513. The fourth-order valence-corrected chi connectivity index (χ4v) is 7.76. The normalized spacial score (nSPS) is 19.7. The molecule has 2 aromatic heterocycles. The summed E-state index contributed by atoms with van der Waals surface area (Å²) in [5.41, 5.74) is 2.43. The van der Waals surface area contributed by atoms with Crippen molar-refractivity contribution in [2.24, 2.45) is 24.3 Å². The highest BCUT2D eigenvalue weighted by atomic mass is 35.5. The van der Waals surface area contributed by atoms with E-state index < -0.39 is 17.5 Å². The molecule has 1 unspecified atom stereocenters. The van der Waals surface area contributed by atoms with Gasteiger partial charge in [0.1, 0.15) is 17.6 Å². The molecule has 51 heavy (non-hydrogen) atoms. The second kappa shape index (κ2) is 14.1. The zero-order valence-electron chi connectivity index (χ0n) is 29.8. The summed E-state index contributed by atoms with van der Waals surface area (Å²) in [6.07, 6.45) is 8.77. The van der Waals surface area contributed by atoms with Crippen molar-refractivity contribution in [3.8, 4) is 0 Å². The molecular formula is C39H48ClN7O4. The molecule has 7 rings (SSSR count). The molecule has 11 nitrogen and oxygen atoms in total. The average molecular weight is 714 g/mol. The Balaban J connectivity index is 1.22. The Hall–Kier alpha value is -4.22. The lowest BCUT2D eigenvalue weighted by Crippen LogP contribution is -2.57. The molecule has 12 heteroatoms. The van der Waals surface area contributed by atoms with Crippen LogP contribution in [0.3, 0.4) is 0 Å². The Morgan fingerprint density at radius 3 is 2.51 bits per heavy atom. The minimum absolute atomic E-state index is 0.0870. The molecule has 0 aliphatic heterocycles. The number of carbonyl (C=O) groups excluding carboxylic acids is 3. The van der Waals surface area contributed by atoms with E-state index >= 15 is 0 Å². The number of rotatable bonds is 15. The van der Waals surface area contributed by atoms with E-state index in [1.54, 1.807) is 31.1 Å². The molecule has 2 aromatic carbocycles. The maximum absolute atomic E-state index is 14.2. The molecule has 0 spiro atoms. The molecule has 3 saturated carbocycles. The SMILES string of the molecule is COCC(C)(C(=O)N[C@@H](C(=O)NCC1CC1)C1CCC1)c1ccc2nc([C@@H](NC(=O)c3ccnn3C)[C@H](c3cccc(Cl)c3)C3(C)CC3)[nH]c2c1. The standard InChI is InChI=1S/C39H48ClN7O4/c1-38(16-17-38)31(25-9-6-10-27(40)19-25)33(45-35(48)30-15-18-42-47(30)3)34-43-28-14-13-26(20-29(28)44-34)39(2,22-51-4)37(50)46-32(24-7-5-8-24)36(49)41-21-23-11-12-23/h6,9-10,13-15,18-20,23-24,31-33H,5,7-8,11-12,16-17,21-22H2,1-4H3,(H,41,49)(H,43,44)(H,45,48)(H,46,50)/t31-,32+,33-,39?/m0/s1. The van der Waals surface area contributed by atoms with Gasteiger partial charge in [-0.3, -0.25) is 19.1 Å². The topological polar surface area (TPSA) is 143 Å². The second-order valence-corrected chi connectivity index (χ2v) is 15.9. The van der Waals surface area contributed by atoms with Crippen LogP contribution in [0.15, 0.2) is 54.7 Å². The number of aromatic nitrogens is 4. The first-order valence-corrected chi connectivity index (χ1v) is 18.5. The Bertz CT molecular complexity index is 1930. The van der Waals surface area contributed by atoms with E-state index in [0.29, 0.717) is 34.5 Å². The van der Waals surface area contributed by atoms with Crippen molar-refractivity contribution in [2.45, 2.75) is 82.2 Å². The van der Waals surface area contributed by atoms with Crippen LogP contribution in [0.4, 0.5) is 0 Å². The van der Waals surface area contributed by atoms with Gasteiger partial charge in [0.25, 0.3) is 5.91 Å². The third kappa shape index (κ3) is 7.28. The van der Waals surface area contributed by atoms with Crippen molar-refractivity contribution in [2.75, 3.05) is 20.3 Å². The lowest BCUT2D eigenvalue weighted by Gasteiger charge is -2.36. The molecule has 0 saturated heterocycles. The Morgan fingerprint density at radius 1 is 1.10 bits per heavy atom. The highest BCUT2D eigenvalue weighted by Crippen LogP contribution is 2.59. The summed E-state index contributed by atoms with van der Waals surface area (Å²) < 4.78 is 7.19. The van der Waals surface area contributed by atoms with Crippen molar-refractivity contribution < 1.29 is 19.1 Å². The molecule has 3 aliphatic carbocycles. The number of fused-ring (bicyclic) bond motifs is 1. The van der Waals surface area contributed by atoms with Gasteiger partial charge in [0.2, 0.25) is 11.8 Å². The van der Waals surface area contributed by atoms with Gasteiger partial charge in [-0.15, -0.1) is 0 Å². The van der Waals surface area contributed by atoms with Crippen LogP contribution >= 0.6 is 11.6 Å². The van der Waals surface area contributed by atoms with Crippen LogP contribution in [0, 0.1) is 17.3 Å². The highest BCUT2D eigenvalue weighted by molar-refractivity contribution is 6.30. The first-order valence-electron chi connectivity index (χ1n) is 18.1. The number of carbonyl (C=O) groups is 3. The van der Waals surface area contributed by atoms with Gasteiger partial charge in [0, 0.05) is 37.8 Å². The van der Waals surface area contributed by atoms with Crippen LogP contribution in [0.5, 0.6) is 0 Å². The van der Waals surface area contributed by atoms with Crippen molar-refractivity contribution in [3.05, 3.63) is 82.4 Å². The van der Waals surface area contributed by atoms with Crippen LogP contribution in [0.2, 0.25) is 5.02 Å². The van der Waals surface area contributed by atoms with Gasteiger partial charge in [-0.1, -0.05) is 43.1 Å². The quantitative estimate of drug-likeness (QED) is 0.124. The number of halogens is 1. The summed E-state index contributed by atoms with van der Waals surface area (Å²) in [6, 6.07) is 14.1. The second-order valence-electron chi connectivity index (χ2n) is 15.4. The summed E-state index contributed by atoms with van der Waals surface area (Å²) in [7, 11) is 3.32. The van der Waals surface area contributed by atoms with Gasteiger partial charge >= 0.3 is 0 Å². The van der Waals surface area contributed by atoms with Crippen LogP contribution in [0.1, 0.15) is 98.2 Å². The number of methoxy groups -OCH3 is 1. The number of imidazole rings is 1. The summed E-state index contributed by atoms with van der Waals surface area (Å²) in [5, 5.41) is 14.4. The molecule has 0 bridgehead atoms. The van der Waals surface area contributed by atoms with Crippen LogP contribution in [0.25, 0.3) is 11.0 Å². The number of hydrogen-bond acceptors (Lipinski definition) is 6. The van der Waals surface area contributed by atoms with E-state index in [4.69, 9.17) is 21.3 Å². The van der Waals surface area contributed by atoms with Gasteiger partial charge in [-0.25, -0.2) is 4.98 Å². The smallest absolute Gasteiger partial charge is 0.270 e. The fourth-order valence-electron chi connectivity index (χ4n) is 7.56. The number of aromatic amines is 1. The van der Waals surface area contributed by atoms with E-state index in [1.165, 1.54) is 0 Å². The van der Waals surface area contributed by atoms with Crippen molar-refractivity contribution in [1.82, 2.24) is 35.7 Å². The predicted molar refractivity (Wildman–Crippen MR) is 195 cm³/mol. The molecule has 3 amide bonds. The van der Waals surface area contributed by atoms with Crippen LogP contribution < -0.4 is 16.0 Å². The summed E-state index contributed by atoms with van der Waals surface area (Å²) in [6.45, 7) is 4.86. The minimum Gasteiger partial charge on any atom is -0.383 e. The summed E-state index contributed by atoms with van der Waals surface area (Å²) >= 11 is 6.51. The van der Waals surface area contributed by atoms with Gasteiger partial charge in [0.05, 0.1) is 29.1 Å². The number of amides is 3. The summed E-state index contributed by atoms with van der Waals surface area (Å²) in [5.74, 6) is 0.517. The van der Waals surface area contributed by atoms with Crippen molar-refractivity contribution in [3.63, 3.8) is 0 Å². The largest absolute Gasteiger partial charge is 0.383 e. The molecule has 3 fully saturated rings. The van der Waals surface area contributed by atoms with E-state index in [-0.39, 0.29) is 41.6 Å². The number of aryl methyl sites for hydroxylation is 1. The maximum atomic E-state index is 14.2. The molecule has 4 aromatic rings. The van der Waals surface area contributed by atoms with Gasteiger partial charge in [0.15, 0.2) is 0 Å². The third-order valence-electron chi connectivity index (χ3n) is 11.5. The molecule has 3 aliphatic rings. The Morgan fingerprint density at radius 2 is 1.88 bits per heavy atom. The summed E-state index contributed by atoms with van der Waals surface area (Å²) in [4.78, 5) is 49.9. The van der Waals surface area contributed by atoms with Gasteiger partial charge in [-0.2, -0.15) is 5.10 Å². The first kappa shape index (κ1) is 35.2. The minimum atomic E-state index is -1.09. The highest BCUT2D eigenvalue weighted by Gasteiger charge is 2.50. The van der Waals surface area contributed by atoms with Crippen molar-refractivity contribution >= 4 is 40.4 Å². The first-order chi connectivity index (χ1) is 24.5. The number of ether oxygens (including phenoxy) is 1. The maximum Gasteiger partial charge on any atom is 0.270 e. The van der Waals surface area contributed by atoms with Crippen LogP contribution in [-0.4, -0.2) is 63.8 Å². The monoisotopic (exact) mass is 713 g/mol. The third-order valence-corrected chi connectivity index (χ3v) is 11.7. The number of benzene rings is 2. The molecule has 0 radical (unpaired) electrons. The van der Waals surface area contributed by atoms with E-state index in [2.05, 4.69) is 39.0 Å². The zero-order valence-corrected chi connectivity index (χ0v) is 30.6. The van der Waals surface area contributed by atoms with E-state index in [9.17, 15) is 14.4 Å². The number of H-pyrrole nitrogens is 1. The number of nitrogens with zero attached hydrogens (tertiary/aromatic N) is 3. The zero-order chi connectivity index (χ0) is 35.9. The predicted octanol–water partition coefficient (Wildman–Crippen LogP) is 5.72. The Labute approximate surface area is 303 Å². The van der Waals surface area contributed by atoms with Gasteiger partial charge < -0.3 is 25.7 Å². The van der Waals surface area contributed by atoms with Gasteiger partial charge in [-0.05, 0) is 104 Å². The molecule has 4 atom stereocenters. The van der Waals surface area contributed by atoms with Crippen LogP contribution in [-0.2, 0) is 26.8 Å². The van der Waals surface area contributed by atoms with Crippen molar-refractivity contribution in [1.29, 1.82) is 0 Å². The number of hydrogen-bond donors (Lipinski definition) is 4. The van der Waals surface area contributed by atoms with E-state index in [1.807, 2.05) is 43.3 Å². The molecular weight excluding hydrogens is 666 g/mol. The lowest BCUT2D eigenvalue weighted by molar-refractivity contribution is -0.135. The Kier molecular flexibility index (Phi) is 9.71. The van der Waals surface area contributed by atoms with E-state index in [0.717, 1.165) is 61.6 Å². The lowest BCUT2D eigenvalue weighted by atomic mass is 9.77.